The number of ether oxygens (including phenoxy) is 1. The van der Waals surface area contributed by atoms with E-state index in [1.807, 2.05) is 32.0 Å². The molecule has 0 aliphatic carbocycles. The number of nitrogens with one attached hydrogen (secondary N) is 1. The highest BCUT2D eigenvalue weighted by atomic mass is 35.5. The van der Waals surface area contributed by atoms with Crippen LogP contribution in [0.3, 0.4) is 0 Å². The third kappa shape index (κ3) is 6.14. The molecule has 0 heterocycles. The summed E-state index contributed by atoms with van der Waals surface area (Å²) >= 11 is 6.05. The lowest BCUT2D eigenvalue weighted by Gasteiger charge is -2.23. The Labute approximate surface area is 171 Å². The number of carbonyl (C=O) groups excluding carboxylic acids is 1. The lowest BCUT2D eigenvalue weighted by molar-refractivity contribution is -0.116. The standard InChI is InChI=1S/C20H25ClN2O4S/c1-14-10-15(2)12-17(11-14)23(28(4,25)26)9-5-6-20(24)22-16-7-8-19(27-3)18(21)13-16/h7-8,10-13H,5-6,9H2,1-4H3,(H,22,24). The van der Waals surface area contributed by atoms with Crippen LogP contribution in [-0.2, 0) is 14.8 Å². The highest BCUT2D eigenvalue weighted by Gasteiger charge is 2.18. The van der Waals surface area contributed by atoms with E-state index in [1.54, 1.807) is 18.2 Å². The van der Waals surface area contributed by atoms with Crippen molar-refractivity contribution in [3.8, 4) is 5.75 Å². The second kappa shape index (κ2) is 9.30. The number of sulfonamides is 1. The van der Waals surface area contributed by atoms with E-state index >= 15 is 0 Å². The van der Waals surface area contributed by atoms with Gasteiger partial charge in [0.2, 0.25) is 15.9 Å². The molecule has 2 aromatic carbocycles. The van der Waals surface area contributed by atoms with E-state index in [0.29, 0.717) is 28.6 Å². The number of benzene rings is 2. The molecular weight excluding hydrogens is 400 g/mol. The number of aryl methyl sites for hydroxylation is 2. The van der Waals surface area contributed by atoms with Crippen LogP contribution < -0.4 is 14.4 Å². The quantitative estimate of drug-likeness (QED) is 0.690. The number of halogens is 1. The first-order chi connectivity index (χ1) is 13.1. The molecule has 28 heavy (non-hydrogen) atoms. The number of hydrogen-bond acceptors (Lipinski definition) is 4. The summed E-state index contributed by atoms with van der Waals surface area (Å²) in [7, 11) is -1.93. The summed E-state index contributed by atoms with van der Waals surface area (Å²) in [4.78, 5) is 12.2. The van der Waals surface area contributed by atoms with Gasteiger partial charge >= 0.3 is 0 Å². The van der Waals surface area contributed by atoms with Crippen LogP contribution >= 0.6 is 11.6 Å². The van der Waals surface area contributed by atoms with Crippen molar-refractivity contribution >= 4 is 38.9 Å². The summed E-state index contributed by atoms with van der Waals surface area (Å²) < 4.78 is 30.9. The van der Waals surface area contributed by atoms with Crippen LogP contribution in [0, 0.1) is 13.8 Å². The Morgan fingerprint density at radius 1 is 1.14 bits per heavy atom. The van der Waals surface area contributed by atoms with Crippen LogP contribution in [-0.4, -0.2) is 34.2 Å². The van der Waals surface area contributed by atoms with Crippen molar-refractivity contribution in [1.82, 2.24) is 0 Å². The van der Waals surface area contributed by atoms with Gasteiger partial charge in [0.1, 0.15) is 5.75 Å². The van der Waals surface area contributed by atoms with Crippen LogP contribution in [0.2, 0.25) is 5.02 Å². The number of amides is 1. The van der Waals surface area contributed by atoms with Gasteiger partial charge in [0, 0.05) is 18.7 Å². The minimum Gasteiger partial charge on any atom is -0.495 e. The van der Waals surface area contributed by atoms with Crippen molar-refractivity contribution in [1.29, 1.82) is 0 Å². The molecule has 0 aliphatic heterocycles. The molecule has 0 atom stereocenters. The maximum absolute atomic E-state index is 12.2. The molecule has 8 heteroatoms. The maximum atomic E-state index is 12.2. The van der Waals surface area contributed by atoms with Gasteiger partial charge in [-0.25, -0.2) is 8.42 Å². The summed E-state index contributed by atoms with van der Waals surface area (Å²) in [5, 5.41) is 3.16. The number of carbonyl (C=O) groups is 1. The van der Waals surface area contributed by atoms with Crippen molar-refractivity contribution in [2.45, 2.75) is 26.7 Å². The SMILES string of the molecule is COc1ccc(NC(=O)CCCN(c2cc(C)cc(C)c2)S(C)(=O)=O)cc1Cl. The third-order valence-corrected chi connectivity index (χ3v) is 5.58. The summed E-state index contributed by atoms with van der Waals surface area (Å²) in [6.07, 6.45) is 1.74. The van der Waals surface area contributed by atoms with E-state index in [4.69, 9.17) is 16.3 Å². The van der Waals surface area contributed by atoms with E-state index in [1.165, 1.54) is 17.7 Å². The Morgan fingerprint density at radius 3 is 2.32 bits per heavy atom. The molecule has 6 nitrogen and oxygen atoms in total. The zero-order chi connectivity index (χ0) is 20.9. The Hall–Kier alpha value is -2.25. The van der Waals surface area contributed by atoms with Gasteiger partial charge in [-0.1, -0.05) is 17.7 Å². The highest BCUT2D eigenvalue weighted by molar-refractivity contribution is 7.92. The summed E-state index contributed by atoms with van der Waals surface area (Å²) in [5.41, 5.74) is 3.14. The first-order valence-electron chi connectivity index (χ1n) is 8.79. The smallest absolute Gasteiger partial charge is 0.232 e. The topological polar surface area (TPSA) is 75.7 Å². The molecule has 0 bridgehead atoms. The van der Waals surface area contributed by atoms with E-state index in [9.17, 15) is 13.2 Å². The fraction of sp³-hybridized carbons (Fsp3) is 0.350. The van der Waals surface area contributed by atoms with Gasteiger partial charge in [-0.05, 0) is 61.7 Å². The fourth-order valence-corrected chi connectivity index (χ4v) is 4.14. The van der Waals surface area contributed by atoms with Crippen LogP contribution in [0.5, 0.6) is 5.75 Å². The second-order valence-electron chi connectivity index (χ2n) is 6.68. The number of rotatable bonds is 8. The molecule has 0 radical (unpaired) electrons. The highest BCUT2D eigenvalue weighted by Crippen LogP contribution is 2.27. The first-order valence-corrected chi connectivity index (χ1v) is 11.0. The summed E-state index contributed by atoms with van der Waals surface area (Å²) in [5.74, 6) is 0.312. The molecule has 0 spiro atoms. The van der Waals surface area contributed by atoms with E-state index < -0.39 is 10.0 Å². The van der Waals surface area contributed by atoms with Crippen molar-refractivity contribution in [2.24, 2.45) is 0 Å². The van der Waals surface area contributed by atoms with Gasteiger partial charge in [-0.15, -0.1) is 0 Å². The molecule has 0 aliphatic rings. The van der Waals surface area contributed by atoms with Crippen LogP contribution in [0.1, 0.15) is 24.0 Å². The first kappa shape index (κ1) is 22.0. The number of hydrogen-bond donors (Lipinski definition) is 1. The van der Waals surface area contributed by atoms with E-state index in [-0.39, 0.29) is 18.9 Å². The van der Waals surface area contributed by atoms with Crippen LogP contribution in [0.15, 0.2) is 36.4 Å². The van der Waals surface area contributed by atoms with Gasteiger partial charge in [0.25, 0.3) is 0 Å². The maximum Gasteiger partial charge on any atom is 0.232 e. The fourth-order valence-electron chi connectivity index (χ4n) is 2.93. The predicted molar refractivity (Wildman–Crippen MR) is 114 cm³/mol. The van der Waals surface area contributed by atoms with Gasteiger partial charge in [0.05, 0.1) is 24.1 Å². The Morgan fingerprint density at radius 2 is 1.79 bits per heavy atom. The van der Waals surface area contributed by atoms with Gasteiger partial charge in [-0.3, -0.25) is 9.10 Å². The van der Waals surface area contributed by atoms with Gasteiger partial charge in [0.15, 0.2) is 0 Å². The molecular formula is C20H25ClN2O4S. The molecule has 0 fully saturated rings. The number of anilines is 2. The molecule has 0 aromatic heterocycles. The van der Waals surface area contributed by atoms with Gasteiger partial charge < -0.3 is 10.1 Å². The molecule has 152 valence electrons. The lowest BCUT2D eigenvalue weighted by Crippen LogP contribution is -2.31. The van der Waals surface area contributed by atoms with Crippen molar-refractivity contribution in [3.05, 3.63) is 52.5 Å². The minimum absolute atomic E-state index is 0.181. The predicted octanol–water partition coefficient (Wildman–Crippen LogP) is 4.15. The zero-order valence-electron chi connectivity index (χ0n) is 16.5. The second-order valence-corrected chi connectivity index (χ2v) is 9.00. The van der Waals surface area contributed by atoms with Crippen LogP contribution in [0.25, 0.3) is 0 Å². The Balaban J connectivity index is 2.00. The average Bonchev–Trinajstić information content (AvgIpc) is 2.57. The monoisotopic (exact) mass is 424 g/mol. The molecule has 2 rings (SSSR count). The summed E-state index contributed by atoms with van der Waals surface area (Å²) in [6.45, 7) is 4.06. The Kier molecular flexibility index (Phi) is 7.32. The van der Waals surface area contributed by atoms with E-state index in [0.717, 1.165) is 11.1 Å². The molecule has 0 saturated carbocycles. The lowest BCUT2D eigenvalue weighted by atomic mass is 10.1. The molecule has 2 aromatic rings. The largest absolute Gasteiger partial charge is 0.495 e. The van der Waals surface area contributed by atoms with Crippen molar-refractivity contribution in [3.63, 3.8) is 0 Å². The summed E-state index contributed by atoms with van der Waals surface area (Å²) in [6, 6.07) is 10.6. The molecule has 1 amide bonds. The van der Waals surface area contributed by atoms with Gasteiger partial charge in [-0.2, -0.15) is 0 Å². The van der Waals surface area contributed by atoms with Crippen LogP contribution in [0.4, 0.5) is 11.4 Å². The average molecular weight is 425 g/mol. The number of nitrogens with zero attached hydrogens (tertiary/aromatic N) is 1. The minimum atomic E-state index is -3.45. The molecule has 1 N–H and O–H groups in total. The third-order valence-electron chi connectivity index (χ3n) is 4.10. The van der Waals surface area contributed by atoms with Crippen molar-refractivity contribution < 1.29 is 17.9 Å². The van der Waals surface area contributed by atoms with Crippen molar-refractivity contribution in [2.75, 3.05) is 29.5 Å². The normalized spacial score (nSPS) is 11.2. The zero-order valence-corrected chi connectivity index (χ0v) is 18.0. The Bertz CT molecular complexity index is 940. The molecule has 0 unspecified atom stereocenters. The van der Waals surface area contributed by atoms with E-state index in [2.05, 4.69) is 5.32 Å². The number of methoxy groups -OCH3 is 1. The molecule has 0 saturated heterocycles.